The maximum atomic E-state index is 5.84. The summed E-state index contributed by atoms with van der Waals surface area (Å²) in [4.78, 5) is 4.14. The number of fused-ring (bicyclic) bond motifs is 1. The molecular formula is C12H10ClN5O. The quantitative estimate of drug-likeness (QED) is 0.727. The molecule has 96 valence electrons. The second-order valence-corrected chi connectivity index (χ2v) is 4.39. The predicted molar refractivity (Wildman–Crippen MR) is 71.5 cm³/mol. The molecule has 1 aromatic carbocycles. The largest absolute Gasteiger partial charge is 0.434 e. The van der Waals surface area contributed by atoms with E-state index in [-0.39, 0.29) is 0 Å². The number of nitrogen functional groups attached to an aromatic ring is 1. The minimum absolute atomic E-state index is 0.345. The van der Waals surface area contributed by atoms with Crippen molar-refractivity contribution in [2.75, 3.05) is 5.73 Å². The maximum absolute atomic E-state index is 5.84. The number of hydrogen-bond donors (Lipinski definition) is 1. The minimum atomic E-state index is 0.345. The molecule has 0 radical (unpaired) electrons. The van der Waals surface area contributed by atoms with E-state index in [1.54, 1.807) is 35.0 Å². The van der Waals surface area contributed by atoms with Crippen molar-refractivity contribution in [1.29, 1.82) is 0 Å². The van der Waals surface area contributed by atoms with Crippen LogP contribution in [0.2, 0.25) is 5.02 Å². The van der Waals surface area contributed by atoms with Crippen LogP contribution in [0.1, 0.15) is 5.82 Å². The van der Waals surface area contributed by atoms with Gasteiger partial charge in [0.15, 0.2) is 5.75 Å². The lowest BCUT2D eigenvalue weighted by molar-refractivity contribution is 0.467. The monoisotopic (exact) mass is 275 g/mol. The Labute approximate surface area is 113 Å². The molecule has 0 saturated heterocycles. The Bertz CT molecular complexity index is 755. The molecule has 0 unspecified atom stereocenters. The zero-order valence-electron chi connectivity index (χ0n) is 10.0. The predicted octanol–water partition coefficient (Wildman–Crippen LogP) is 2.46. The van der Waals surface area contributed by atoms with Gasteiger partial charge in [0, 0.05) is 17.4 Å². The van der Waals surface area contributed by atoms with E-state index >= 15 is 0 Å². The highest BCUT2D eigenvalue weighted by Gasteiger charge is 2.11. The first-order chi connectivity index (χ1) is 9.15. The number of nitrogens with zero attached hydrogens (tertiary/aromatic N) is 4. The van der Waals surface area contributed by atoms with Crippen LogP contribution < -0.4 is 10.5 Å². The van der Waals surface area contributed by atoms with Crippen LogP contribution in [0.5, 0.6) is 11.6 Å². The first-order valence-electron chi connectivity index (χ1n) is 5.54. The summed E-state index contributed by atoms with van der Waals surface area (Å²) in [6.07, 6.45) is 3.38. The summed E-state index contributed by atoms with van der Waals surface area (Å²) in [6.45, 7) is 1.85. The topological polar surface area (TPSA) is 78.3 Å². The fraction of sp³-hybridized carbons (Fsp3) is 0.0833. The van der Waals surface area contributed by atoms with Gasteiger partial charge < -0.3 is 10.5 Å². The number of hydrogen-bond acceptors (Lipinski definition) is 5. The van der Waals surface area contributed by atoms with Crippen molar-refractivity contribution in [3.63, 3.8) is 0 Å². The zero-order chi connectivity index (χ0) is 13.4. The van der Waals surface area contributed by atoms with Gasteiger partial charge in [-0.05, 0) is 25.1 Å². The average Bonchev–Trinajstić information content (AvgIpc) is 2.76. The van der Waals surface area contributed by atoms with Gasteiger partial charge in [0.1, 0.15) is 5.82 Å². The third kappa shape index (κ3) is 2.06. The van der Waals surface area contributed by atoms with Crippen molar-refractivity contribution in [2.24, 2.45) is 0 Å². The number of halogens is 1. The molecule has 0 aliphatic rings. The standard InChI is InChI=1S/C12H10ClN5O/c1-7-16-17-11-12(15-4-5-18(7)11)19-10-3-2-8(13)6-9(10)14/h2-6H,14H2,1H3. The molecule has 2 aromatic heterocycles. The van der Waals surface area contributed by atoms with Gasteiger partial charge in [0.25, 0.3) is 5.88 Å². The fourth-order valence-electron chi connectivity index (χ4n) is 1.71. The normalized spacial score (nSPS) is 10.8. The number of ether oxygens (including phenoxy) is 1. The molecule has 3 aromatic rings. The lowest BCUT2D eigenvalue weighted by atomic mass is 10.3. The second kappa shape index (κ2) is 4.40. The number of benzene rings is 1. The highest BCUT2D eigenvalue weighted by molar-refractivity contribution is 6.30. The molecule has 2 N–H and O–H groups in total. The van der Waals surface area contributed by atoms with Crippen LogP contribution in [0.3, 0.4) is 0 Å². The Balaban J connectivity index is 2.06. The average molecular weight is 276 g/mol. The minimum Gasteiger partial charge on any atom is -0.434 e. The fourth-order valence-corrected chi connectivity index (χ4v) is 1.89. The van der Waals surface area contributed by atoms with Crippen molar-refractivity contribution in [3.8, 4) is 11.6 Å². The molecule has 6 nitrogen and oxygen atoms in total. The second-order valence-electron chi connectivity index (χ2n) is 3.96. The van der Waals surface area contributed by atoms with E-state index < -0.39 is 0 Å². The first-order valence-corrected chi connectivity index (χ1v) is 5.92. The summed E-state index contributed by atoms with van der Waals surface area (Å²) >= 11 is 5.84. The highest BCUT2D eigenvalue weighted by Crippen LogP contribution is 2.30. The van der Waals surface area contributed by atoms with Gasteiger partial charge in [-0.1, -0.05) is 11.6 Å². The highest BCUT2D eigenvalue weighted by atomic mass is 35.5. The lowest BCUT2D eigenvalue weighted by Gasteiger charge is -2.08. The molecule has 0 spiro atoms. The Morgan fingerprint density at radius 2 is 2.16 bits per heavy atom. The Morgan fingerprint density at radius 1 is 1.32 bits per heavy atom. The van der Waals surface area contributed by atoms with Crippen molar-refractivity contribution in [1.82, 2.24) is 19.6 Å². The molecule has 0 atom stereocenters. The third-order valence-electron chi connectivity index (χ3n) is 2.64. The van der Waals surface area contributed by atoms with Crippen molar-refractivity contribution >= 4 is 22.9 Å². The van der Waals surface area contributed by atoms with Crippen LogP contribution in [0.15, 0.2) is 30.6 Å². The van der Waals surface area contributed by atoms with Gasteiger partial charge >= 0.3 is 0 Å². The van der Waals surface area contributed by atoms with E-state index in [0.29, 0.717) is 28.0 Å². The SMILES string of the molecule is Cc1nnc2c(Oc3ccc(Cl)cc3N)nccn12. The van der Waals surface area contributed by atoms with Gasteiger partial charge in [-0.2, -0.15) is 0 Å². The summed E-state index contributed by atoms with van der Waals surface area (Å²) in [6, 6.07) is 5.00. The summed E-state index contributed by atoms with van der Waals surface area (Å²) < 4.78 is 7.46. The van der Waals surface area contributed by atoms with E-state index in [1.807, 2.05) is 6.92 Å². The van der Waals surface area contributed by atoms with Gasteiger partial charge in [-0.15, -0.1) is 10.2 Å². The molecule has 0 saturated carbocycles. The lowest BCUT2D eigenvalue weighted by Crippen LogP contribution is -1.97. The van der Waals surface area contributed by atoms with Crippen molar-refractivity contribution < 1.29 is 4.74 Å². The van der Waals surface area contributed by atoms with Crippen LogP contribution >= 0.6 is 11.6 Å². The number of rotatable bonds is 2. The third-order valence-corrected chi connectivity index (χ3v) is 2.88. The Morgan fingerprint density at radius 3 is 2.95 bits per heavy atom. The molecule has 2 heterocycles. The summed E-state index contributed by atoms with van der Waals surface area (Å²) in [7, 11) is 0. The van der Waals surface area contributed by atoms with E-state index in [9.17, 15) is 0 Å². The molecule has 0 aliphatic heterocycles. The molecule has 3 rings (SSSR count). The first kappa shape index (κ1) is 11.7. The van der Waals surface area contributed by atoms with Crippen LogP contribution in [-0.4, -0.2) is 19.6 Å². The van der Waals surface area contributed by atoms with Crippen LogP contribution in [0.25, 0.3) is 5.65 Å². The van der Waals surface area contributed by atoms with Crippen LogP contribution in [0.4, 0.5) is 5.69 Å². The summed E-state index contributed by atoms with van der Waals surface area (Å²) in [5.41, 5.74) is 6.81. The zero-order valence-corrected chi connectivity index (χ0v) is 10.8. The molecule has 0 fully saturated rings. The number of aryl methyl sites for hydroxylation is 1. The van der Waals surface area contributed by atoms with Gasteiger partial charge in [0.05, 0.1) is 5.69 Å². The molecular weight excluding hydrogens is 266 g/mol. The van der Waals surface area contributed by atoms with E-state index in [1.165, 1.54) is 0 Å². The van der Waals surface area contributed by atoms with Gasteiger partial charge in [0.2, 0.25) is 5.65 Å². The van der Waals surface area contributed by atoms with Crippen molar-refractivity contribution in [3.05, 3.63) is 41.4 Å². The Hall–Kier alpha value is -2.34. The van der Waals surface area contributed by atoms with Gasteiger partial charge in [-0.25, -0.2) is 4.98 Å². The summed E-state index contributed by atoms with van der Waals surface area (Å²) in [5, 5.41) is 8.55. The van der Waals surface area contributed by atoms with E-state index in [0.717, 1.165) is 5.82 Å². The van der Waals surface area contributed by atoms with Crippen LogP contribution in [-0.2, 0) is 0 Å². The van der Waals surface area contributed by atoms with E-state index in [2.05, 4.69) is 15.2 Å². The maximum Gasteiger partial charge on any atom is 0.265 e. The molecule has 7 heteroatoms. The molecule has 0 bridgehead atoms. The van der Waals surface area contributed by atoms with E-state index in [4.69, 9.17) is 22.1 Å². The number of nitrogens with two attached hydrogens (primary N) is 1. The number of aromatic nitrogens is 4. The Kier molecular flexibility index (Phi) is 2.72. The molecule has 0 aliphatic carbocycles. The smallest absolute Gasteiger partial charge is 0.265 e. The molecule has 19 heavy (non-hydrogen) atoms. The van der Waals surface area contributed by atoms with Crippen LogP contribution in [0, 0.1) is 6.92 Å². The molecule has 0 amide bonds. The van der Waals surface area contributed by atoms with Gasteiger partial charge in [-0.3, -0.25) is 4.40 Å². The number of anilines is 1. The summed E-state index contributed by atoms with van der Waals surface area (Å²) in [5.74, 6) is 1.58. The van der Waals surface area contributed by atoms with Crippen molar-refractivity contribution in [2.45, 2.75) is 6.92 Å².